The summed E-state index contributed by atoms with van der Waals surface area (Å²) in [6, 6.07) is 6.88. The minimum absolute atomic E-state index is 0.0326. The lowest BCUT2D eigenvalue weighted by Crippen LogP contribution is -2.37. The summed E-state index contributed by atoms with van der Waals surface area (Å²) in [5.41, 5.74) is 7.73. The van der Waals surface area contributed by atoms with Gasteiger partial charge in [-0.15, -0.1) is 0 Å². The van der Waals surface area contributed by atoms with Gasteiger partial charge >= 0.3 is 0 Å². The molecule has 0 radical (unpaired) electrons. The molecule has 0 aliphatic heterocycles. The van der Waals surface area contributed by atoms with Crippen molar-refractivity contribution >= 4 is 0 Å². The maximum Gasteiger partial charge on any atom is 0.123 e. The summed E-state index contributed by atoms with van der Waals surface area (Å²) in [7, 11) is 0. The Labute approximate surface area is 83.1 Å². The van der Waals surface area contributed by atoms with E-state index in [1.807, 2.05) is 12.1 Å². The Hall–Kier alpha value is -0.890. The number of benzene rings is 1. The molecule has 2 N–H and O–H groups in total. The predicted molar refractivity (Wildman–Crippen MR) is 53.5 cm³/mol. The second kappa shape index (κ2) is 2.37. The third-order valence-corrected chi connectivity index (χ3v) is 3.89. The molecule has 2 fully saturated rings. The van der Waals surface area contributed by atoms with Gasteiger partial charge in [-0.2, -0.15) is 0 Å². The van der Waals surface area contributed by atoms with Gasteiger partial charge < -0.3 is 5.73 Å². The van der Waals surface area contributed by atoms with Crippen molar-refractivity contribution in [3.05, 3.63) is 35.6 Å². The zero-order valence-corrected chi connectivity index (χ0v) is 8.09. The second-order valence-electron chi connectivity index (χ2n) is 4.75. The molecule has 0 bridgehead atoms. The average Bonchev–Trinajstić information content (AvgIpc) is 3.01. The Balaban J connectivity index is 1.99. The monoisotopic (exact) mass is 191 g/mol. The van der Waals surface area contributed by atoms with Gasteiger partial charge in [-0.05, 0) is 43.4 Å². The van der Waals surface area contributed by atoms with Crippen LogP contribution < -0.4 is 5.73 Å². The van der Waals surface area contributed by atoms with Crippen molar-refractivity contribution in [1.82, 2.24) is 0 Å². The smallest absolute Gasteiger partial charge is 0.123 e. The first kappa shape index (κ1) is 8.42. The first-order valence-corrected chi connectivity index (χ1v) is 5.21. The van der Waals surface area contributed by atoms with Crippen LogP contribution in [0.4, 0.5) is 4.39 Å². The molecule has 0 amide bonds. The normalized spacial score (nSPS) is 25.9. The van der Waals surface area contributed by atoms with Crippen LogP contribution in [0.2, 0.25) is 0 Å². The van der Waals surface area contributed by atoms with Gasteiger partial charge in [0.15, 0.2) is 0 Å². The molecule has 2 aliphatic rings. The number of rotatable bonds is 2. The van der Waals surface area contributed by atoms with E-state index in [9.17, 15) is 4.39 Å². The topological polar surface area (TPSA) is 26.0 Å². The van der Waals surface area contributed by atoms with Gasteiger partial charge in [0, 0.05) is 11.0 Å². The summed E-state index contributed by atoms with van der Waals surface area (Å²) in [6.45, 7) is 0. The highest BCUT2D eigenvalue weighted by Gasteiger charge is 2.63. The lowest BCUT2D eigenvalue weighted by atomic mass is 9.86. The molecule has 0 spiro atoms. The molecule has 2 saturated carbocycles. The van der Waals surface area contributed by atoms with Gasteiger partial charge in [-0.1, -0.05) is 12.1 Å². The third kappa shape index (κ3) is 0.976. The van der Waals surface area contributed by atoms with E-state index in [-0.39, 0.29) is 16.8 Å². The molecule has 0 saturated heterocycles. The number of hydrogen-bond donors (Lipinski definition) is 1. The SMILES string of the molecule is NC1(C2(c3ccc(F)cc3)CC2)CC1. The largest absolute Gasteiger partial charge is 0.324 e. The van der Waals surface area contributed by atoms with Crippen LogP contribution in [0.15, 0.2) is 24.3 Å². The summed E-state index contributed by atoms with van der Waals surface area (Å²) in [6.07, 6.45) is 4.61. The molecule has 1 aromatic carbocycles. The van der Waals surface area contributed by atoms with Gasteiger partial charge in [0.25, 0.3) is 0 Å². The van der Waals surface area contributed by atoms with E-state index in [4.69, 9.17) is 5.73 Å². The number of nitrogens with two attached hydrogens (primary N) is 1. The average molecular weight is 191 g/mol. The van der Waals surface area contributed by atoms with Crippen LogP contribution in [-0.2, 0) is 5.41 Å². The van der Waals surface area contributed by atoms with Gasteiger partial charge in [0.1, 0.15) is 5.82 Å². The van der Waals surface area contributed by atoms with Crippen molar-refractivity contribution in [2.75, 3.05) is 0 Å². The summed E-state index contributed by atoms with van der Waals surface area (Å²) < 4.78 is 12.8. The molecule has 0 unspecified atom stereocenters. The second-order valence-corrected chi connectivity index (χ2v) is 4.75. The van der Waals surface area contributed by atoms with Gasteiger partial charge in [0.2, 0.25) is 0 Å². The Kier molecular flexibility index (Phi) is 1.43. The molecule has 3 rings (SSSR count). The summed E-state index contributed by atoms with van der Waals surface area (Å²) in [4.78, 5) is 0. The van der Waals surface area contributed by atoms with Gasteiger partial charge in [-0.3, -0.25) is 0 Å². The van der Waals surface area contributed by atoms with Crippen LogP contribution in [0.3, 0.4) is 0 Å². The fourth-order valence-electron chi connectivity index (χ4n) is 2.58. The fourth-order valence-corrected chi connectivity index (χ4v) is 2.58. The van der Waals surface area contributed by atoms with E-state index >= 15 is 0 Å². The highest BCUT2D eigenvalue weighted by atomic mass is 19.1. The van der Waals surface area contributed by atoms with Crippen LogP contribution in [0, 0.1) is 5.82 Å². The van der Waals surface area contributed by atoms with Crippen molar-refractivity contribution in [2.45, 2.75) is 36.6 Å². The standard InChI is InChI=1S/C12H14FN/c13-10-3-1-9(2-4-10)11(5-6-11)12(14)7-8-12/h1-4H,5-8,14H2. The fraction of sp³-hybridized carbons (Fsp3) is 0.500. The molecular formula is C12H14FN. The Morgan fingerprint density at radius 2 is 1.57 bits per heavy atom. The van der Waals surface area contributed by atoms with E-state index in [1.165, 1.54) is 18.4 Å². The lowest BCUT2D eigenvalue weighted by molar-refractivity contribution is 0.502. The van der Waals surface area contributed by atoms with Crippen molar-refractivity contribution in [3.8, 4) is 0 Å². The molecule has 2 aliphatic carbocycles. The van der Waals surface area contributed by atoms with Crippen molar-refractivity contribution in [2.24, 2.45) is 5.73 Å². The Morgan fingerprint density at radius 3 is 2.00 bits per heavy atom. The van der Waals surface area contributed by atoms with E-state index in [2.05, 4.69) is 0 Å². The molecular weight excluding hydrogens is 177 g/mol. The summed E-state index contributed by atoms with van der Waals surface area (Å²) in [5, 5.41) is 0. The van der Waals surface area contributed by atoms with E-state index in [0.717, 1.165) is 12.8 Å². The molecule has 1 aromatic rings. The van der Waals surface area contributed by atoms with Crippen molar-refractivity contribution < 1.29 is 4.39 Å². The zero-order valence-electron chi connectivity index (χ0n) is 8.09. The van der Waals surface area contributed by atoms with Crippen LogP contribution in [0.25, 0.3) is 0 Å². The maximum absolute atomic E-state index is 12.8. The molecule has 0 heterocycles. The van der Waals surface area contributed by atoms with E-state index in [0.29, 0.717) is 0 Å². The van der Waals surface area contributed by atoms with Gasteiger partial charge in [-0.25, -0.2) is 4.39 Å². The summed E-state index contributed by atoms with van der Waals surface area (Å²) in [5.74, 6) is -0.161. The number of hydrogen-bond acceptors (Lipinski definition) is 1. The Bertz CT molecular complexity index is 360. The molecule has 0 aromatic heterocycles. The Morgan fingerprint density at radius 1 is 1.00 bits per heavy atom. The molecule has 0 atom stereocenters. The minimum atomic E-state index is -0.161. The maximum atomic E-state index is 12.8. The van der Waals surface area contributed by atoms with E-state index < -0.39 is 0 Å². The third-order valence-electron chi connectivity index (χ3n) is 3.89. The predicted octanol–water partition coefficient (Wildman–Crippen LogP) is 2.35. The zero-order chi connectivity index (χ0) is 9.81. The molecule has 14 heavy (non-hydrogen) atoms. The van der Waals surface area contributed by atoms with Crippen molar-refractivity contribution in [3.63, 3.8) is 0 Å². The highest BCUT2D eigenvalue weighted by molar-refractivity contribution is 5.40. The summed E-state index contributed by atoms with van der Waals surface area (Å²) >= 11 is 0. The van der Waals surface area contributed by atoms with Crippen LogP contribution in [0.5, 0.6) is 0 Å². The first-order valence-electron chi connectivity index (χ1n) is 5.21. The number of halogens is 1. The lowest BCUT2D eigenvalue weighted by Gasteiger charge is -2.23. The van der Waals surface area contributed by atoms with Crippen LogP contribution >= 0.6 is 0 Å². The highest BCUT2D eigenvalue weighted by Crippen LogP contribution is 2.63. The van der Waals surface area contributed by atoms with Crippen LogP contribution in [0.1, 0.15) is 31.2 Å². The van der Waals surface area contributed by atoms with Crippen LogP contribution in [-0.4, -0.2) is 5.54 Å². The quantitative estimate of drug-likeness (QED) is 0.763. The van der Waals surface area contributed by atoms with E-state index in [1.54, 1.807) is 12.1 Å². The molecule has 2 heteroatoms. The van der Waals surface area contributed by atoms with Gasteiger partial charge in [0.05, 0.1) is 0 Å². The van der Waals surface area contributed by atoms with Crippen molar-refractivity contribution in [1.29, 1.82) is 0 Å². The minimum Gasteiger partial charge on any atom is -0.324 e. The molecule has 74 valence electrons. The molecule has 1 nitrogen and oxygen atoms in total. The first-order chi connectivity index (χ1) is 6.66.